The minimum atomic E-state index is -0.133. The molecule has 0 aliphatic heterocycles. The maximum absolute atomic E-state index is 13.0. The number of carbonyl (C=O) groups is 1. The quantitative estimate of drug-likeness (QED) is 0.809. The lowest BCUT2D eigenvalue weighted by atomic mass is 9.67. The number of rotatable bonds is 5. The van der Waals surface area contributed by atoms with Gasteiger partial charge in [-0.3, -0.25) is 4.79 Å². The number of hydrogen-bond donors (Lipinski definition) is 2. The summed E-state index contributed by atoms with van der Waals surface area (Å²) in [6, 6.07) is 8.13. The van der Waals surface area contributed by atoms with Crippen LogP contribution >= 0.6 is 0 Å². The molecular weight excluding hydrogens is 366 g/mol. The third-order valence-corrected chi connectivity index (χ3v) is 6.24. The third-order valence-electron chi connectivity index (χ3n) is 6.24. The highest BCUT2D eigenvalue weighted by molar-refractivity contribution is 5.93. The number of fused-ring (bicyclic) bond motifs is 2. The Morgan fingerprint density at radius 2 is 1.86 bits per heavy atom. The summed E-state index contributed by atoms with van der Waals surface area (Å²) in [5.74, 6) is 1.63. The molecule has 2 aliphatic rings. The number of nitrogens with two attached hydrogens (primary N) is 1. The molecule has 1 aromatic carbocycles. The van der Waals surface area contributed by atoms with Gasteiger partial charge in [-0.25, -0.2) is 4.68 Å². The molecule has 1 amide bonds. The van der Waals surface area contributed by atoms with E-state index in [0.29, 0.717) is 17.5 Å². The van der Waals surface area contributed by atoms with Crippen molar-refractivity contribution in [1.82, 2.24) is 20.3 Å². The molecule has 0 spiro atoms. The summed E-state index contributed by atoms with van der Waals surface area (Å²) in [6.07, 6.45) is 5.64. The van der Waals surface area contributed by atoms with Crippen LogP contribution < -0.4 is 15.8 Å². The molecule has 2 unspecified atom stereocenters. The number of hydrogen-bond acceptors (Lipinski definition) is 5. The van der Waals surface area contributed by atoms with Gasteiger partial charge in [0.1, 0.15) is 5.75 Å². The molecule has 2 saturated carbocycles. The Balaban J connectivity index is 1.49. The zero-order chi connectivity index (χ0) is 20.5. The van der Waals surface area contributed by atoms with E-state index < -0.39 is 0 Å². The average Bonchev–Trinajstić information content (AvgIpc) is 3.04. The van der Waals surface area contributed by atoms with Crippen LogP contribution in [0.2, 0.25) is 0 Å². The Morgan fingerprint density at radius 3 is 2.48 bits per heavy atom. The van der Waals surface area contributed by atoms with E-state index in [1.807, 2.05) is 45.0 Å². The first kappa shape index (κ1) is 19.9. The van der Waals surface area contributed by atoms with Gasteiger partial charge in [-0.2, -0.15) is 0 Å². The Hall–Kier alpha value is -2.41. The van der Waals surface area contributed by atoms with Crippen LogP contribution in [0.5, 0.6) is 5.75 Å². The summed E-state index contributed by atoms with van der Waals surface area (Å²) in [5, 5.41) is 11.7. The molecule has 4 rings (SSSR count). The van der Waals surface area contributed by atoms with Crippen molar-refractivity contribution >= 4 is 5.91 Å². The van der Waals surface area contributed by atoms with E-state index in [0.717, 1.165) is 42.8 Å². The fraction of sp³-hybridized carbons (Fsp3) is 0.591. The second-order valence-electron chi connectivity index (χ2n) is 8.78. The van der Waals surface area contributed by atoms with Gasteiger partial charge in [0.15, 0.2) is 5.69 Å². The first-order valence-corrected chi connectivity index (χ1v) is 10.7. The Labute approximate surface area is 172 Å². The van der Waals surface area contributed by atoms with Gasteiger partial charge in [-0.15, -0.1) is 5.10 Å². The molecule has 3 N–H and O–H groups in total. The van der Waals surface area contributed by atoms with Crippen LogP contribution in [-0.2, 0) is 0 Å². The normalized spacial score (nSPS) is 26.4. The van der Waals surface area contributed by atoms with E-state index in [1.165, 1.54) is 6.42 Å². The van der Waals surface area contributed by atoms with Crippen LogP contribution in [0, 0.1) is 18.8 Å². The second-order valence-corrected chi connectivity index (χ2v) is 8.78. The molecule has 2 bridgehead atoms. The number of amides is 1. The van der Waals surface area contributed by atoms with Crippen molar-refractivity contribution in [3.63, 3.8) is 0 Å². The lowest BCUT2D eigenvalue weighted by Crippen LogP contribution is -2.53. The van der Waals surface area contributed by atoms with Crippen LogP contribution in [0.15, 0.2) is 24.3 Å². The summed E-state index contributed by atoms with van der Waals surface area (Å²) >= 11 is 0. The molecule has 2 fully saturated rings. The smallest absolute Gasteiger partial charge is 0.274 e. The highest BCUT2D eigenvalue weighted by Crippen LogP contribution is 2.39. The summed E-state index contributed by atoms with van der Waals surface area (Å²) in [4.78, 5) is 13.0. The number of benzene rings is 1. The maximum atomic E-state index is 13.0. The molecular formula is C22H31N5O2. The second kappa shape index (κ2) is 8.14. The molecule has 7 heteroatoms. The van der Waals surface area contributed by atoms with Gasteiger partial charge >= 0.3 is 0 Å². The number of aromatic nitrogens is 3. The monoisotopic (exact) mass is 397 g/mol. The van der Waals surface area contributed by atoms with E-state index in [4.69, 9.17) is 10.5 Å². The fourth-order valence-corrected chi connectivity index (χ4v) is 4.97. The fourth-order valence-electron chi connectivity index (χ4n) is 4.97. The maximum Gasteiger partial charge on any atom is 0.274 e. The largest absolute Gasteiger partial charge is 0.491 e. The van der Waals surface area contributed by atoms with Crippen molar-refractivity contribution in [2.24, 2.45) is 17.6 Å². The predicted octanol–water partition coefficient (Wildman–Crippen LogP) is 3.00. The molecule has 2 atom stereocenters. The van der Waals surface area contributed by atoms with Gasteiger partial charge in [0.25, 0.3) is 5.91 Å². The van der Waals surface area contributed by atoms with Crippen LogP contribution in [-0.4, -0.2) is 39.1 Å². The van der Waals surface area contributed by atoms with E-state index in [-0.39, 0.29) is 24.1 Å². The van der Waals surface area contributed by atoms with Gasteiger partial charge in [-0.1, -0.05) is 11.6 Å². The van der Waals surface area contributed by atoms with Crippen LogP contribution in [0.3, 0.4) is 0 Å². The number of nitrogens with one attached hydrogen (secondary N) is 1. The predicted molar refractivity (Wildman–Crippen MR) is 111 cm³/mol. The van der Waals surface area contributed by atoms with Gasteiger partial charge < -0.3 is 15.8 Å². The minimum Gasteiger partial charge on any atom is -0.491 e. The zero-order valence-electron chi connectivity index (χ0n) is 17.5. The summed E-state index contributed by atoms with van der Waals surface area (Å²) in [7, 11) is 0. The lowest BCUT2D eigenvalue weighted by Gasteiger charge is -2.45. The van der Waals surface area contributed by atoms with E-state index in [2.05, 4.69) is 15.6 Å². The molecule has 1 heterocycles. The van der Waals surface area contributed by atoms with Crippen molar-refractivity contribution in [3.05, 3.63) is 35.7 Å². The molecule has 7 nitrogen and oxygen atoms in total. The van der Waals surface area contributed by atoms with Crippen molar-refractivity contribution in [3.8, 4) is 11.4 Å². The van der Waals surface area contributed by atoms with Crippen molar-refractivity contribution in [2.75, 3.05) is 0 Å². The van der Waals surface area contributed by atoms with Gasteiger partial charge in [0.2, 0.25) is 0 Å². The molecule has 2 aliphatic carbocycles. The highest BCUT2D eigenvalue weighted by atomic mass is 16.5. The molecule has 2 aromatic rings. The highest BCUT2D eigenvalue weighted by Gasteiger charge is 2.40. The standard InChI is InChI=1S/C22H31N5O2/c1-13(2)29-19-9-7-18(8-10-19)27-14(3)20(25-26-27)22(28)24-21-15-5-4-6-16(21)12-17(23)11-15/h7-10,13,15-17,21H,4-6,11-12,23H2,1-3H3,(H,24,28). The van der Waals surface area contributed by atoms with Crippen LogP contribution in [0.1, 0.15) is 62.1 Å². The lowest BCUT2D eigenvalue weighted by molar-refractivity contribution is 0.0751. The molecule has 0 radical (unpaired) electrons. The van der Waals surface area contributed by atoms with E-state index >= 15 is 0 Å². The number of carbonyl (C=O) groups excluding carboxylic acids is 1. The topological polar surface area (TPSA) is 95.1 Å². The molecule has 0 saturated heterocycles. The third kappa shape index (κ3) is 4.15. The average molecular weight is 398 g/mol. The van der Waals surface area contributed by atoms with Gasteiger partial charge in [0, 0.05) is 12.1 Å². The molecule has 1 aromatic heterocycles. The summed E-state index contributed by atoms with van der Waals surface area (Å²) in [5.41, 5.74) is 8.19. The van der Waals surface area contributed by atoms with Gasteiger partial charge in [0.05, 0.1) is 17.5 Å². The van der Waals surface area contributed by atoms with Crippen molar-refractivity contribution in [1.29, 1.82) is 0 Å². The summed E-state index contributed by atoms with van der Waals surface area (Å²) in [6.45, 7) is 5.87. The van der Waals surface area contributed by atoms with Crippen molar-refractivity contribution in [2.45, 2.75) is 71.1 Å². The molecule has 156 valence electrons. The van der Waals surface area contributed by atoms with Crippen LogP contribution in [0.4, 0.5) is 0 Å². The SMILES string of the molecule is Cc1c(C(=O)NC2C3CCCC2CC(N)C3)nnn1-c1ccc(OC(C)C)cc1. The number of nitrogens with zero attached hydrogens (tertiary/aromatic N) is 3. The van der Waals surface area contributed by atoms with E-state index in [9.17, 15) is 4.79 Å². The molecule has 29 heavy (non-hydrogen) atoms. The van der Waals surface area contributed by atoms with Gasteiger partial charge in [-0.05, 0) is 82.6 Å². The first-order chi connectivity index (χ1) is 13.9. The van der Waals surface area contributed by atoms with Crippen LogP contribution in [0.25, 0.3) is 5.69 Å². The van der Waals surface area contributed by atoms with Crippen molar-refractivity contribution < 1.29 is 9.53 Å². The zero-order valence-corrected chi connectivity index (χ0v) is 17.5. The minimum absolute atomic E-state index is 0.123. The summed E-state index contributed by atoms with van der Waals surface area (Å²) < 4.78 is 7.39. The Bertz CT molecular complexity index is 847. The first-order valence-electron chi connectivity index (χ1n) is 10.7. The Kier molecular flexibility index (Phi) is 5.58. The van der Waals surface area contributed by atoms with E-state index in [1.54, 1.807) is 4.68 Å². The Morgan fingerprint density at radius 1 is 1.21 bits per heavy atom. The number of ether oxygens (including phenoxy) is 1.